The SMILES string of the molecule is c1ccc(-n2c(SCc3cscn3)nnc2-c2cccs2)cc1. The number of thiophene rings is 1. The van der Waals surface area contributed by atoms with Crippen molar-refractivity contribution >= 4 is 34.4 Å². The second-order valence-electron chi connectivity index (χ2n) is 4.72. The molecule has 0 radical (unpaired) electrons. The van der Waals surface area contributed by atoms with Crippen molar-refractivity contribution in [2.45, 2.75) is 10.9 Å². The van der Waals surface area contributed by atoms with Gasteiger partial charge in [-0.2, -0.15) is 0 Å². The van der Waals surface area contributed by atoms with Gasteiger partial charge in [0, 0.05) is 16.8 Å². The predicted molar refractivity (Wildman–Crippen MR) is 96.3 cm³/mol. The van der Waals surface area contributed by atoms with Gasteiger partial charge < -0.3 is 0 Å². The Morgan fingerprint density at radius 2 is 1.96 bits per heavy atom. The van der Waals surface area contributed by atoms with Gasteiger partial charge >= 0.3 is 0 Å². The molecule has 4 aromatic rings. The highest BCUT2D eigenvalue weighted by atomic mass is 32.2. The molecule has 0 saturated heterocycles. The van der Waals surface area contributed by atoms with Crippen LogP contribution >= 0.6 is 34.4 Å². The molecule has 0 aliphatic carbocycles. The summed E-state index contributed by atoms with van der Waals surface area (Å²) < 4.78 is 2.11. The molecule has 0 N–H and O–H groups in total. The van der Waals surface area contributed by atoms with Gasteiger partial charge in [-0.1, -0.05) is 36.0 Å². The summed E-state index contributed by atoms with van der Waals surface area (Å²) in [7, 11) is 0. The van der Waals surface area contributed by atoms with Crippen molar-refractivity contribution in [3.8, 4) is 16.4 Å². The Morgan fingerprint density at radius 1 is 1.04 bits per heavy atom. The zero-order valence-corrected chi connectivity index (χ0v) is 14.4. The Kier molecular flexibility index (Phi) is 4.23. The topological polar surface area (TPSA) is 43.6 Å². The Bertz CT molecular complexity index is 868. The van der Waals surface area contributed by atoms with Crippen molar-refractivity contribution in [1.82, 2.24) is 19.7 Å². The summed E-state index contributed by atoms with van der Waals surface area (Å²) in [5.74, 6) is 1.67. The minimum Gasteiger partial charge on any atom is -0.269 e. The minimum absolute atomic E-state index is 0.791. The largest absolute Gasteiger partial charge is 0.269 e. The van der Waals surface area contributed by atoms with Gasteiger partial charge in [0.25, 0.3) is 0 Å². The van der Waals surface area contributed by atoms with E-state index >= 15 is 0 Å². The van der Waals surface area contributed by atoms with Crippen molar-refractivity contribution in [3.05, 3.63) is 64.4 Å². The lowest BCUT2D eigenvalue weighted by atomic mass is 10.3. The van der Waals surface area contributed by atoms with Crippen molar-refractivity contribution in [2.24, 2.45) is 0 Å². The van der Waals surface area contributed by atoms with Gasteiger partial charge in [-0.05, 0) is 23.6 Å². The van der Waals surface area contributed by atoms with Crippen LogP contribution in [-0.4, -0.2) is 19.7 Å². The molecule has 0 saturated carbocycles. The Hall–Kier alpha value is -1.96. The molecule has 23 heavy (non-hydrogen) atoms. The van der Waals surface area contributed by atoms with Crippen LogP contribution in [0.3, 0.4) is 0 Å². The molecule has 3 heterocycles. The molecule has 0 aliphatic rings. The highest BCUT2D eigenvalue weighted by Crippen LogP contribution is 2.31. The first kappa shape index (κ1) is 14.6. The molecule has 4 nitrogen and oxygen atoms in total. The van der Waals surface area contributed by atoms with Crippen molar-refractivity contribution in [2.75, 3.05) is 0 Å². The number of thiazole rings is 1. The smallest absolute Gasteiger partial charge is 0.196 e. The van der Waals surface area contributed by atoms with E-state index in [-0.39, 0.29) is 0 Å². The second-order valence-corrected chi connectivity index (χ2v) is 7.33. The highest BCUT2D eigenvalue weighted by molar-refractivity contribution is 7.98. The molecule has 0 aliphatic heterocycles. The lowest BCUT2D eigenvalue weighted by molar-refractivity contribution is 0.886. The number of benzene rings is 1. The quantitative estimate of drug-likeness (QED) is 0.484. The maximum atomic E-state index is 4.42. The van der Waals surface area contributed by atoms with Crippen LogP contribution in [0.15, 0.2) is 63.9 Å². The third-order valence-corrected chi connectivity index (χ3v) is 5.69. The average Bonchev–Trinajstić information content (AvgIpc) is 3.33. The van der Waals surface area contributed by atoms with E-state index in [0.29, 0.717) is 0 Å². The van der Waals surface area contributed by atoms with E-state index in [1.165, 1.54) is 0 Å². The molecule has 0 fully saturated rings. The van der Waals surface area contributed by atoms with Gasteiger partial charge in [0.1, 0.15) is 0 Å². The van der Waals surface area contributed by atoms with Crippen molar-refractivity contribution < 1.29 is 0 Å². The number of para-hydroxylation sites is 1. The summed E-state index contributed by atoms with van der Waals surface area (Å²) in [5, 5.41) is 13.8. The molecule has 4 rings (SSSR count). The van der Waals surface area contributed by atoms with Crippen LogP contribution in [0, 0.1) is 0 Å². The zero-order valence-electron chi connectivity index (χ0n) is 12.0. The number of thioether (sulfide) groups is 1. The van der Waals surface area contributed by atoms with E-state index in [0.717, 1.165) is 33.0 Å². The summed E-state index contributed by atoms with van der Waals surface area (Å²) in [6, 6.07) is 14.3. The first-order valence-electron chi connectivity index (χ1n) is 6.96. The summed E-state index contributed by atoms with van der Waals surface area (Å²) in [6.45, 7) is 0. The standard InChI is InChI=1S/C16H12N4S3/c1-2-5-13(6-3-1)20-15(14-7-4-8-22-14)18-19-16(20)23-10-12-9-21-11-17-12/h1-9,11H,10H2. The molecule has 114 valence electrons. The van der Waals surface area contributed by atoms with Gasteiger partial charge in [-0.25, -0.2) is 4.98 Å². The summed E-state index contributed by atoms with van der Waals surface area (Å²) >= 11 is 4.94. The maximum absolute atomic E-state index is 4.42. The normalized spacial score (nSPS) is 11.0. The van der Waals surface area contributed by atoms with Gasteiger partial charge in [0.2, 0.25) is 0 Å². The Morgan fingerprint density at radius 3 is 2.70 bits per heavy atom. The lowest BCUT2D eigenvalue weighted by Gasteiger charge is -2.08. The maximum Gasteiger partial charge on any atom is 0.196 e. The molecular formula is C16H12N4S3. The van der Waals surface area contributed by atoms with Crippen molar-refractivity contribution in [3.63, 3.8) is 0 Å². The van der Waals surface area contributed by atoms with Crippen LogP contribution in [0.4, 0.5) is 0 Å². The summed E-state index contributed by atoms with van der Waals surface area (Å²) in [4.78, 5) is 5.45. The molecule has 1 aromatic carbocycles. The molecule has 0 atom stereocenters. The van der Waals surface area contributed by atoms with Crippen LogP contribution < -0.4 is 0 Å². The summed E-state index contributed by atoms with van der Waals surface area (Å²) in [5.41, 5.74) is 4.00. The fourth-order valence-corrected chi connectivity index (χ4v) is 4.40. The van der Waals surface area contributed by atoms with E-state index in [9.17, 15) is 0 Å². The lowest BCUT2D eigenvalue weighted by Crippen LogP contribution is -1.98. The predicted octanol–water partition coefficient (Wildman–Crippen LogP) is 4.74. The van der Waals surface area contributed by atoms with Crippen LogP contribution in [0.2, 0.25) is 0 Å². The average molecular weight is 357 g/mol. The van der Waals surface area contributed by atoms with E-state index < -0.39 is 0 Å². The third kappa shape index (κ3) is 3.08. The van der Waals surface area contributed by atoms with E-state index in [4.69, 9.17) is 0 Å². The molecule has 0 unspecified atom stereocenters. The van der Waals surface area contributed by atoms with Gasteiger partial charge in [0.05, 0.1) is 16.1 Å². The molecule has 0 amide bonds. The van der Waals surface area contributed by atoms with Crippen LogP contribution in [-0.2, 0) is 5.75 Å². The van der Waals surface area contributed by atoms with E-state index in [2.05, 4.69) is 48.7 Å². The fraction of sp³-hybridized carbons (Fsp3) is 0.0625. The molecule has 7 heteroatoms. The highest BCUT2D eigenvalue weighted by Gasteiger charge is 2.16. The van der Waals surface area contributed by atoms with Gasteiger partial charge in [-0.3, -0.25) is 4.57 Å². The molecular weight excluding hydrogens is 344 g/mol. The molecule has 3 aromatic heterocycles. The third-order valence-electron chi connectivity index (χ3n) is 3.22. The monoisotopic (exact) mass is 356 g/mol. The second kappa shape index (κ2) is 6.66. The zero-order chi connectivity index (χ0) is 15.5. The van der Waals surface area contributed by atoms with E-state index in [1.807, 2.05) is 29.8 Å². The van der Waals surface area contributed by atoms with E-state index in [1.54, 1.807) is 34.4 Å². The molecule has 0 bridgehead atoms. The Labute approximate surface area is 145 Å². The minimum atomic E-state index is 0.791. The van der Waals surface area contributed by atoms with Gasteiger partial charge in [-0.15, -0.1) is 32.9 Å². The molecule has 0 spiro atoms. The first-order valence-corrected chi connectivity index (χ1v) is 9.77. The number of hydrogen-bond acceptors (Lipinski definition) is 6. The first-order chi connectivity index (χ1) is 11.4. The number of aromatic nitrogens is 4. The van der Waals surface area contributed by atoms with Gasteiger partial charge in [0.15, 0.2) is 11.0 Å². The fourth-order valence-electron chi connectivity index (χ4n) is 2.19. The number of nitrogens with zero attached hydrogens (tertiary/aromatic N) is 4. The number of rotatable bonds is 5. The van der Waals surface area contributed by atoms with Crippen LogP contribution in [0.5, 0.6) is 0 Å². The van der Waals surface area contributed by atoms with Crippen molar-refractivity contribution in [1.29, 1.82) is 0 Å². The Balaban J connectivity index is 1.74. The van der Waals surface area contributed by atoms with Crippen LogP contribution in [0.25, 0.3) is 16.4 Å². The van der Waals surface area contributed by atoms with Crippen LogP contribution in [0.1, 0.15) is 5.69 Å². The summed E-state index contributed by atoms with van der Waals surface area (Å²) in [6.07, 6.45) is 0. The number of hydrogen-bond donors (Lipinski definition) is 0.